The molecule has 198 valence electrons. The maximum absolute atomic E-state index is 13.6. The first-order valence-electron chi connectivity index (χ1n) is 13.4. The van der Waals surface area contributed by atoms with E-state index < -0.39 is 6.10 Å². The van der Waals surface area contributed by atoms with E-state index in [0.717, 1.165) is 24.2 Å². The van der Waals surface area contributed by atoms with Crippen molar-refractivity contribution in [1.29, 1.82) is 0 Å². The van der Waals surface area contributed by atoms with E-state index in [2.05, 4.69) is 29.3 Å². The fraction of sp³-hybridized carbons (Fsp3) is 0.355. The molecule has 2 aliphatic rings. The second-order valence-electron chi connectivity index (χ2n) is 10.2. The summed E-state index contributed by atoms with van der Waals surface area (Å²) < 4.78 is 0. The molecule has 5 rings (SSSR count). The smallest absolute Gasteiger partial charge is 0.256 e. The number of fused-ring (bicyclic) bond motifs is 2. The number of benzene rings is 3. The number of carbonyl (C=O) groups is 2. The summed E-state index contributed by atoms with van der Waals surface area (Å²) in [5.41, 5.74) is 5.48. The second-order valence-corrected chi connectivity index (χ2v) is 10.2. The molecule has 0 radical (unpaired) electrons. The van der Waals surface area contributed by atoms with Crippen LogP contribution in [0.15, 0.2) is 72.8 Å². The molecule has 3 aromatic rings. The van der Waals surface area contributed by atoms with E-state index in [1.165, 1.54) is 11.1 Å². The first kappa shape index (κ1) is 25.9. The highest BCUT2D eigenvalue weighted by Gasteiger charge is 2.31. The lowest BCUT2D eigenvalue weighted by molar-refractivity contribution is 0.0540. The monoisotopic (exact) mass is 512 g/mol. The molecule has 0 saturated heterocycles. The van der Waals surface area contributed by atoms with Gasteiger partial charge in [0.15, 0.2) is 0 Å². The molecule has 0 aliphatic carbocycles. The van der Waals surface area contributed by atoms with Crippen molar-refractivity contribution in [3.8, 4) is 0 Å². The third-order valence-electron chi connectivity index (χ3n) is 7.72. The summed E-state index contributed by atoms with van der Waals surface area (Å²) in [5, 5.41) is 14.6. The van der Waals surface area contributed by atoms with Gasteiger partial charge in [-0.25, -0.2) is 0 Å². The molecule has 0 aromatic heterocycles. The van der Waals surface area contributed by atoms with Gasteiger partial charge in [0.1, 0.15) is 0 Å². The van der Waals surface area contributed by atoms with Gasteiger partial charge in [0.05, 0.1) is 17.4 Å². The average molecular weight is 513 g/mol. The molecule has 2 N–H and O–H groups in total. The fourth-order valence-electron chi connectivity index (χ4n) is 5.50. The molecule has 0 spiro atoms. The van der Waals surface area contributed by atoms with Crippen molar-refractivity contribution in [2.45, 2.75) is 38.6 Å². The second kappa shape index (κ2) is 11.4. The summed E-state index contributed by atoms with van der Waals surface area (Å²) in [7, 11) is 1.80. The molecule has 7 nitrogen and oxygen atoms in total. The Morgan fingerprint density at radius 2 is 1.74 bits per heavy atom. The Bertz CT molecular complexity index is 1300. The lowest BCUT2D eigenvalue weighted by Crippen LogP contribution is -2.50. The van der Waals surface area contributed by atoms with Crippen LogP contribution in [0.25, 0.3) is 0 Å². The van der Waals surface area contributed by atoms with Crippen LogP contribution in [0, 0.1) is 0 Å². The Kier molecular flexibility index (Phi) is 7.77. The van der Waals surface area contributed by atoms with E-state index >= 15 is 0 Å². The van der Waals surface area contributed by atoms with Gasteiger partial charge in [0.2, 0.25) is 0 Å². The minimum absolute atomic E-state index is 0.0830. The summed E-state index contributed by atoms with van der Waals surface area (Å²) in [6.07, 6.45) is 0.0513. The lowest BCUT2D eigenvalue weighted by Gasteiger charge is -2.33. The van der Waals surface area contributed by atoms with Gasteiger partial charge < -0.3 is 25.1 Å². The molecular formula is C31H36N4O3. The Morgan fingerprint density at radius 3 is 2.50 bits per heavy atom. The van der Waals surface area contributed by atoms with E-state index in [1.54, 1.807) is 29.0 Å². The molecule has 38 heavy (non-hydrogen) atoms. The number of aliphatic hydroxyl groups is 1. The first-order chi connectivity index (χ1) is 18.4. The third kappa shape index (κ3) is 5.44. The van der Waals surface area contributed by atoms with Crippen LogP contribution in [0.4, 0.5) is 5.69 Å². The standard InChI is InChI=1S/C31H36N4O3/c1-3-34-15-16-35(21-29(36)27-17-23-11-7-8-12-25(23)19-32-27)31(38)26-14-13-24(18-28(26)34)30(37)33(2)20-22-9-5-4-6-10-22/h4-14,18,27,29,32,36H,3,15-17,19-21H2,1-2H3/t27-,29+/m0/s1. The molecule has 0 bridgehead atoms. The zero-order chi connectivity index (χ0) is 26.6. The van der Waals surface area contributed by atoms with Crippen molar-refractivity contribution in [2.24, 2.45) is 0 Å². The summed E-state index contributed by atoms with van der Waals surface area (Å²) >= 11 is 0. The summed E-state index contributed by atoms with van der Waals surface area (Å²) in [5.74, 6) is -0.191. The van der Waals surface area contributed by atoms with Crippen molar-refractivity contribution >= 4 is 17.5 Å². The summed E-state index contributed by atoms with van der Waals surface area (Å²) in [6, 6.07) is 23.4. The van der Waals surface area contributed by atoms with Crippen LogP contribution >= 0.6 is 0 Å². The van der Waals surface area contributed by atoms with Crippen molar-refractivity contribution in [3.05, 3.63) is 101 Å². The normalized spacial score (nSPS) is 17.9. The van der Waals surface area contributed by atoms with E-state index in [1.807, 2.05) is 48.5 Å². The van der Waals surface area contributed by atoms with Gasteiger partial charge in [0.25, 0.3) is 11.8 Å². The number of aliphatic hydroxyl groups excluding tert-OH is 1. The number of likely N-dealkylation sites (N-methyl/N-ethyl adjacent to an activating group) is 1. The highest BCUT2D eigenvalue weighted by Crippen LogP contribution is 2.28. The van der Waals surface area contributed by atoms with Gasteiger partial charge in [-0.3, -0.25) is 9.59 Å². The van der Waals surface area contributed by atoms with Crippen molar-refractivity contribution in [3.63, 3.8) is 0 Å². The Morgan fingerprint density at radius 1 is 1.03 bits per heavy atom. The van der Waals surface area contributed by atoms with Gasteiger partial charge in [-0.1, -0.05) is 54.6 Å². The SMILES string of the molecule is CCN1CCN(C[C@@H](O)[C@@H]2Cc3ccccc3CN2)C(=O)c2ccc(C(=O)N(C)Cc3ccccc3)cc21. The third-order valence-corrected chi connectivity index (χ3v) is 7.72. The predicted octanol–water partition coefficient (Wildman–Crippen LogP) is 3.32. The molecule has 0 fully saturated rings. The number of β-amino-alcohol motifs (C(OH)–C–C–N with tert-alkyl or cyclic N) is 1. The highest BCUT2D eigenvalue weighted by atomic mass is 16.3. The maximum atomic E-state index is 13.6. The van der Waals surface area contributed by atoms with E-state index in [-0.39, 0.29) is 24.4 Å². The Hall–Kier alpha value is -3.68. The fourth-order valence-corrected chi connectivity index (χ4v) is 5.50. The summed E-state index contributed by atoms with van der Waals surface area (Å²) in [4.78, 5) is 32.5. The molecule has 0 unspecified atom stereocenters. The van der Waals surface area contributed by atoms with Crippen LogP contribution in [0.3, 0.4) is 0 Å². The molecule has 2 heterocycles. The number of carbonyl (C=O) groups excluding carboxylic acids is 2. The minimum atomic E-state index is -0.684. The van der Waals surface area contributed by atoms with E-state index in [0.29, 0.717) is 37.3 Å². The van der Waals surface area contributed by atoms with Crippen molar-refractivity contribution < 1.29 is 14.7 Å². The number of anilines is 1. The van der Waals surface area contributed by atoms with Crippen LogP contribution in [0.2, 0.25) is 0 Å². The van der Waals surface area contributed by atoms with Gasteiger partial charge in [0, 0.05) is 57.9 Å². The van der Waals surface area contributed by atoms with Crippen molar-refractivity contribution in [1.82, 2.24) is 15.1 Å². The topological polar surface area (TPSA) is 76.1 Å². The molecular weight excluding hydrogens is 476 g/mol. The molecule has 2 aliphatic heterocycles. The van der Waals surface area contributed by atoms with Gasteiger partial charge in [-0.2, -0.15) is 0 Å². The van der Waals surface area contributed by atoms with Crippen LogP contribution in [-0.4, -0.2) is 72.1 Å². The number of nitrogens with one attached hydrogen (secondary N) is 1. The zero-order valence-corrected chi connectivity index (χ0v) is 22.1. The van der Waals surface area contributed by atoms with Crippen LogP contribution < -0.4 is 10.2 Å². The van der Waals surface area contributed by atoms with E-state index in [9.17, 15) is 14.7 Å². The van der Waals surface area contributed by atoms with Gasteiger partial charge in [-0.05, 0) is 48.2 Å². The average Bonchev–Trinajstić information content (AvgIpc) is 3.08. The number of amides is 2. The molecule has 0 saturated carbocycles. The highest BCUT2D eigenvalue weighted by molar-refractivity contribution is 6.03. The molecule has 7 heteroatoms. The number of rotatable bonds is 7. The Labute approximate surface area is 224 Å². The quantitative estimate of drug-likeness (QED) is 0.508. The Balaban J connectivity index is 1.31. The summed E-state index contributed by atoms with van der Waals surface area (Å²) in [6.45, 7) is 5.41. The van der Waals surface area contributed by atoms with Gasteiger partial charge >= 0.3 is 0 Å². The van der Waals surface area contributed by atoms with Crippen molar-refractivity contribution in [2.75, 3.05) is 38.1 Å². The largest absolute Gasteiger partial charge is 0.390 e. The molecule has 2 amide bonds. The molecule has 2 atom stereocenters. The van der Waals surface area contributed by atoms with Gasteiger partial charge in [-0.15, -0.1) is 0 Å². The number of hydrogen-bond donors (Lipinski definition) is 2. The lowest BCUT2D eigenvalue weighted by atomic mass is 9.92. The predicted molar refractivity (Wildman–Crippen MR) is 149 cm³/mol. The van der Waals surface area contributed by atoms with Crippen LogP contribution in [-0.2, 0) is 19.5 Å². The number of nitrogens with zero attached hydrogens (tertiary/aromatic N) is 3. The minimum Gasteiger partial charge on any atom is -0.390 e. The maximum Gasteiger partial charge on any atom is 0.256 e. The number of hydrogen-bond acceptors (Lipinski definition) is 5. The van der Waals surface area contributed by atoms with E-state index in [4.69, 9.17) is 0 Å². The first-order valence-corrected chi connectivity index (χ1v) is 13.4. The van der Waals surface area contributed by atoms with Crippen LogP contribution in [0.1, 0.15) is 44.3 Å². The zero-order valence-electron chi connectivity index (χ0n) is 22.1. The molecule has 3 aromatic carbocycles. The van der Waals surface area contributed by atoms with Crippen LogP contribution in [0.5, 0.6) is 0 Å².